The van der Waals surface area contributed by atoms with E-state index in [-0.39, 0.29) is 6.04 Å². The maximum Gasteiger partial charge on any atom is 0.0698 e. The fourth-order valence-corrected chi connectivity index (χ4v) is 2.46. The van der Waals surface area contributed by atoms with E-state index in [2.05, 4.69) is 17.0 Å². The first-order chi connectivity index (χ1) is 8.29. The smallest absolute Gasteiger partial charge is 0.0698 e. The van der Waals surface area contributed by atoms with Crippen LogP contribution in [-0.4, -0.2) is 37.7 Å². The first kappa shape index (κ1) is 12.6. The van der Waals surface area contributed by atoms with Crippen LogP contribution in [0.25, 0.3) is 0 Å². The Morgan fingerprint density at radius 2 is 2.18 bits per heavy atom. The standard InChI is InChI=1S/C14H22N2O/c1-17-13-8-5-9-16(10-13)11-14(15)12-6-3-2-4-7-12/h2-4,6-7,13-14H,5,8-11,15H2,1H3/t13?,14-/m1/s1. The van der Waals surface area contributed by atoms with E-state index in [1.165, 1.54) is 18.4 Å². The van der Waals surface area contributed by atoms with E-state index in [1.807, 2.05) is 18.2 Å². The number of piperidine rings is 1. The van der Waals surface area contributed by atoms with E-state index < -0.39 is 0 Å². The third-order valence-corrected chi connectivity index (χ3v) is 3.48. The Morgan fingerprint density at radius 3 is 2.88 bits per heavy atom. The van der Waals surface area contributed by atoms with Crippen LogP contribution in [0.2, 0.25) is 0 Å². The minimum atomic E-state index is 0.104. The van der Waals surface area contributed by atoms with Crippen LogP contribution < -0.4 is 5.73 Å². The van der Waals surface area contributed by atoms with Gasteiger partial charge in [-0.15, -0.1) is 0 Å². The van der Waals surface area contributed by atoms with Gasteiger partial charge in [-0.05, 0) is 24.9 Å². The van der Waals surface area contributed by atoms with Crippen LogP contribution in [-0.2, 0) is 4.74 Å². The van der Waals surface area contributed by atoms with E-state index in [1.54, 1.807) is 7.11 Å². The Balaban J connectivity index is 1.88. The highest BCUT2D eigenvalue weighted by Crippen LogP contribution is 2.16. The van der Waals surface area contributed by atoms with E-state index in [9.17, 15) is 0 Å². The Labute approximate surface area is 104 Å². The zero-order chi connectivity index (χ0) is 12.1. The molecule has 2 N–H and O–H groups in total. The van der Waals surface area contributed by atoms with E-state index in [0.29, 0.717) is 6.10 Å². The molecular weight excluding hydrogens is 212 g/mol. The number of likely N-dealkylation sites (tertiary alicyclic amines) is 1. The van der Waals surface area contributed by atoms with Gasteiger partial charge in [-0.1, -0.05) is 30.3 Å². The molecule has 94 valence electrons. The summed E-state index contributed by atoms with van der Waals surface area (Å²) in [5, 5.41) is 0. The van der Waals surface area contributed by atoms with Crippen LogP contribution >= 0.6 is 0 Å². The molecule has 2 rings (SSSR count). The van der Waals surface area contributed by atoms with E-state index in [0.717, 1.165) is 19.6 Å². The molecule has 2 atom stereocenters. The lowest BCUT2D eigenvalue weighted by Gasteiger charge is -2.33. The van der Waals surface area contributed by atoms with E-state index in [4.69, 9.17) is 10.5 Å². The van der Waals surface area contributed by atoms with Crippen molar-refractivity contribution in [3.05, 3.63) is 35.9 Å². The average Bonchev–Trinajstić information content (AvgIpc) is 2.40. The van der Waals surface area contributed by atoms with Gasteiger partial charge in [0.2, 0.25) is 0 Å². The zero-order valence-corrected chi connectivity index (χ0v) is 10.5. The number of rotatable bonds is 4. The van der Waals surface area contributed by atoms with Gasteiger partial charge in [0.05, 0.1) is 6.10 Å². The highest BCUT2D eigenvalue weighted by atomic mass is 16.5. The molecule has 0 saturated carbocycles. The van der Waals surface area contributed by atoms with Crippen LogP contribution in [0.15, 0.2) is 30.3 Å². The fraction of sp³-hybridized carbons (Fsp3) is 0.571. The molecule has 0 bridgehead atoms. The predicted molar refractivity (Wildman–Crippen MR) is 69.8 cm³/mol. The zero-order valence-electron chi connectivity index (χ0n) is 10.5. The third-order valence-electron chi connectivity index (χ3n) is 3.48. The summed E-state index contributed by atoms with van der Waals surface area (Å²) in [6.45, 7) is 3.07. The summed E-state index contributed by atoms with van der Waals surface area (Å²) in [7, 11) is 1.80. The van der Waals surface area contributed by atoms with Gasteiger partial charge in [0.1, 0.15) is 0 Å². The topological polar surface area (TPSA) is 38.5 Å². The van der Waals surface area contributed by atoms with Crippen molar-refractivity contribution < 1.29 is 4.74 Å². The maximum absolute atomic E-state index is 6.23. The summed E-state index contributed by atoms with van der Waals surface area (Å²) in [6.07, 6.45) is 2.76. The second-order valence-corrected chi connectivity index (χ2v) is 4.78. The lowest BCUT2D eigenvalue weighted by Crippen LogP contribution is -2.42. The van der Waals surface area contributed by atoms with Crippen molar-refractivity contribution in [1.29, 1.82) is 0 Å². The molecule has 1 unspecified atom stereocenters. The molecule has 17 heavy (non-hydrogen) atoms. The molecule has 1 saturated heterocycles. The summed E-state index contributed by atoms with van der Waals surface area (Å²) in [4.78, 5) is 2.41. The molecule has 0 aromatic heterocycles. The van der Waals surface area contributed by atoms with Crippen LogP contribution in [0, 0.1) is 0 Å². The molecule has 3 heteroatoms. The molecule has 0 spiro atoms. The minimum absolute atomic E-state index is 0.104. The predicted octanol–water partition coefficient (Wildman–Crippen LogP) is 1.80. The first-order valence-electron chi connectivity index (χ1n) is 6.35. The molecule has 1 fully saturated rings. The Morgan fingerprint density at radius 1 is 1.41 bits per heavy atom. The number of hydrogen-bond acceptors (Lipinski definition) is 3. The molecule has 1 aromatic rings. The lowest BCUT2D eigenvalue weighted by molar-refractivity contribution is 0.0294. The van der Waals surface area contributed by atoms with Crippen molar-refractivity contribution in [3.63, 3.8) is 0 Å². The van der Waals surface area contributed by atoms with Crippen molar-refractivity contribution in [1.82, 2.24) is 4.90 Å². The lowest BCUT2D eigenvalue weighted by atomic mass is 10.0. The van der Waals surface area contributed by atoms with Crippen LogP contribution in [0.4, 0.5) is 0 Å². The van der Waals surface area contributed by atoms with Crippen LogP contribution in [0.3, 0.4) is 0 Å². The Kier molecular flexibility index (Phi) is 4.54. The van der Waals surface area contributed by atoms with Crippen molar-refractivity contribution in [2.75, 3.05) is 26.7 Å². The normalized spacial score (nSPS) is 23.5. The van der Waals surface area contributed by atoms with Gasteiger partial charge in [-0.25, -0.2) is 0 Å². The molecule has 1 aliphatic heterocycles. The van der Waals surface area contributed by atoms with Crippen molar-refractivity contribution in [2.45, 2.75) is 25.0 Å². The van der Waals surface area contributed by atoms with Gasteiger partial charge in [0, 0.05) is 26.2 Å². The highest BCUT2D eigenvalue weighted by molar-refractivity contribution is 5.18. The molecule has 0 aliphatic carbocycles. The Bertz CT molecular complexity index is 328. The van der Waals surface area contributed by atoms with Crippen molar-refractivity contribution in [3.8, 4) is 0 Å². The SMILES string of the molecule is COC1CCCN(C[C@@H](N)c2ccccc2)C1. The number of nitrogens with two attached hydrogens (primary N) is 1. The first-order valence-corrected chi connectivity index (χ1v) is 6.35. The van der Waals surface area contributed by atoms with Gasteiger partial charge in [-0.3, -0.25) is 4.90 Å². The summed E-state index contributed by atoms with van der Waals surface area (Å²) >= 11 is 0. The fourth-order valence-electron chi connectivity index (χ4n) is 2.46. The molecular formula is C14H22N2O. The van der Waals surface area contributed by atoms with E-state index >= 15 is 0 Å². The largest absolute Gasteiger partial charge is 0.380 e. The number of benzene rings is 1. The second-order valence-electron chi connectivity index (χ2n) is 4.78. The van der Waals surface area contributed by atoms with Gasteiger partial charge >= 0.3 is 0 Å². The Hall–Kier alpha value is -0.900. The van der Waals surface area contributed by atoms with Gasteiger partial charge < -0.3 is 10.5 Å². The molecule has 0 radical (unpaired) electrons. The average molecular weight is 234 g/mol. The van der Waals surface area contributed by atoms with Crippen LogP contribution in [0.1, 0.15) is 24.4 Å². The minimum Gasteiger partial charge on any atom is -0.380 e. The van der Waals surface area contributed by atoms with Crippen molar-refractivity contribution >= 4 is 0 Å². The number of hydrogen-bond donors (Lipinski definition) is 1. The van der Waals surface area contributed by atoms with Crippen molar-refractivity contribution in [2.24, 2.45) is 5.73 Å². The summed E-state index contributed by atoms with van der Waals surface area (Å²) in [5.74, 6) is 0. The highest BCUT2D eigenvalue weighted by Gasteiger charge is 2.21. The number of ether oxygens (including phenoxy) is 1. The summed E-state index contributed by atoms with van der Waals surface area (Å²) in [6, 6.07) is 10.4. The summed E-state index contributed by atoms with van der Waals surface area (Å²) in [5.41, 5.74) is 7.45. The molecule has 1 aliphatic rings. The monoisotopic (exact) mass is 234 g/mol. The van der Waals surface area contributed by atoms with Gasteiger partial charge in [0.25, 0.3) is 0 Å². The maximum atomic E-state index is 6.23. The second kappa shape index (κ2) is 6.15. The third kappa shape index (κ3) is 3.53. The van der Waals surface area contributed by atoms with Crippen LogP contribution in [0.5, 0.6) is 0 Å². The number of nitrogens with zero attached hydrogens (tertiary/aromatic N) is 1. The van der Waals surface area contributed by atoms with Gasteiger partial charge in [-0.2, -0.15) is 0 Å². The van der Waals surface area contributed by atoms with Gasteiger partial charge in [0.15, 0.2) is 0 Å². The summed E-state index contributed by atoms with van der Waals surface area (Å²) < 4.78 is 5.43. The number of methoxy groups -OCH3 is 1. The molecule has 1 heterocycles. The molecule has 1 aromatic carbocycles. The molecule has 0 amide bonds. The quantitative estimate of drug-likeness (QED) is 0.863. The molecule has 3 nitrogen and oxygen atoms in total.